The van der Waals surface area contributed by atoms with Crippen LogP contribution >= 0.6 is 0 Å². The minimum atomic E-state index is -3.57. The van der Waals surface area contributed by atoms with Crippen LogP contribution in [0.2, 0.25) is 0 Å². The first-order chi connectivity index (χ1) is 17.1. The van der Waals surface area contributed by atoms with Gasteiger partial charge in [0.2, 0.25) is 10.0 Å². The van der Waals surface area contributed by atoms with E-state index in [1.807, 2.05) is 30.3 Å². The zero-order valence-corrected chi connectivity index (χ0v) is 20.3. The zero-order chi connectivity index (χ0) is 24.3. The van der Waals surface area contributed by atoms with Crippen LogP contribution in [0.3, 0.4) is 0 Å². The monoisotopic (exact) mass is 487 g/mol. The summed E-state index contributed by atoms with van der Waals surface area (Å²) in [5, 5.41) is 10.2. The molecule has 2 aliphatic heterocycles. The largest absolute Gasteiger partial charge is 0.395 e. The van der Waals surface area contributed by atoms with Crippen LogP contribution in [0.1, 0.15) is 35.4 Å². The lowest BCUT2D eigenvalue weighted by Crippen LogP contribution is -2.67. The van der Waals surface area contributed by atoms with Gasteiger partial charge in [0.15, 0.2) is 0 Å². The van der Waals surface area contributed by atoms with E-state index in [-0.39, 0.29) is 24.6 Å². The normalized spacial score (nSPS) is 23.2. The van der Waals surface area contributed by atoms with Crippen molar-refractivity contribution in [3.05, 3.63) is 95.8 Å². The summed E-state index contributed by atoms with van der Waals surface area (Å²) in [5.74, 6) is 6.35. The number of aliphatic hydroxyl groups excluding tert-OH is 1. The summed E-state index contributed by atoms with van der Waals surface area (Å²) < 4.78 is 28.4. The number of sulfonamides is 1. The summed E-state index contributed by atoms with van der Waals surface area (Å²) in [5.41, 5.74) is 2.87. The molecule has 2 fully saturated rings. The van der Waals surface area contributed by atoms with Gasteiger partial charge in [-0.05, 0) is 61.3 Å². The van der Waals surface area contributed by atoms with E-state index in [4.69, 9.17) is 0 Å². The third-order valence-electron chi connectivity index (χ3n) is 7.02. The Morgan fingerprint density at radius 2 is 1.66 bits per heavy atom. The van der Waals surface area contributed by atoms with Crippen LogP contribution in [0, 0.1) is 11.8 Å². The number of fused-ring (bicyclic) bond motifs is 1. The standard InChI is InChI=1S/C28H29N3O3S/c32-21-27-28(24-14-12-22(13-15-24)10-11-23-7-6-16-29-19-23)26-20-30(17-4-5-18-31(26)27)35(33,34)25-8-2-1-3-9-25/h1-3,6-9,12-16,19,26-28,32H,4-5,17-18,20-21H2/t26-,27+,28+/m1/s1. The third kappa shape index (κ3) is 4.89. The lowest BCUT2D eigenvalue weighted by Gasteiger charge is -2.57. The fraction of sp³-hybridized carbons (Fsp3) is 0.321. The molecule has 0 bridgehead atoms. The molecule has 3 heterocycles. The predicted molar refractivity (Wildman–Crippen MR) is 135 cm³/mol. The summed E-state index contributed by atoms with van der Waals surface area (Å²) >= 11 is 0. The van der Waals surface area contributed by atoms with E-state index >= 15 is 0 Å². The van der Waals surface area contributed by atoms with Crippen LogP contribution in [0.5, 0.6) is 0 Å². The first kappa shape index (κ1) is 23.7. The van der Waals surface area contributed by atoms with Gasteiger partial charge < -0.3 is 5.11 Å². The fourth-order valence-electron chi connectivity index (χ4n) is 5.24. The van der Waals surface area contributed by atoms with Crippen LogP contribution in [0.25, 0.3) is 0 Å². The predicted octanol–water partition coefficient (Wildman–Crippen LogP) is 3.09. The van der Waals surface area contributed by atoms with Crippen molar-refractivity contribution in [1.82, 2.24) is 14.2 Å². The summed E-state index contributed by atoms with van der Waals surface area (Å²) in [6.07, 6.45) is 5.17. The molecular formula is C28H29N3O3S. The fourth-order valence-corrected chi connectivity index (χ4v) is 6.76. The van der Waals surface area contributed by atoms with Gasteiger partial charge in [0.05, 0.1) is 11.5 Å². The van der Waals surface area contributed by atoms with Crippen LogP contribution in [0.4, 0.5) is 0 Å². The quantitative estimate of drug-likeness (QED) is 0.573. The Balaban J connectivity index is 1.38. The van der Waals surface area contributed by atoms with E-state index in [1.165, 1.54) is 0 Å². The van der Waals surface area contributed by atoms with Crippen molar-refractivity contribution in [3.8, 4) is 11.8 Å². The molecule has 0 saturated carbocycles. The maximum atomic E-state index is 13.4. The number of hydrogen-bond donors (Lipinski definition) is 1. The SMILES string of the molecule is O=S(=O)(c1ccccc1)N1CCCCN2[C@H](C1)[C@H](c1ccc(C#Cc3cccnc3)cc1)[C@@H]2CO. The van der Waals surface area contributed by atoms with Gasteiger partial charge in [0.1, 0.15) is 0 Å². The molecule has 0 aliphatic carbocycles. The number of rotatable bonds is 4. The smallest absolute Gasteiger partial charge is 0.243 e. The van der Waals surface area contributed by atoms with E-state index in [2.05, 4.69) is 33.9 Å². The number of aliphatic hydroxyl groups is 1. The molecule has 7 heteroatoms. The van der Waals surface area contributed by atoms with Gasteiger partial charge in [0.25, 0.3) is 0 Å². The Kier molecular flexibility index (Phi) is 6.98. The van der Waals surface area contributed by atoms with Gasteiger partial charge in [-0.25, -0.2) is 8.42 Å². The number of benzene rings is 2. The summed E-state index contributed by atoms with van der Waals surface area (Å²) in [4.78, 5) is 6.71. The highest BCUT2D eigenvalue weighted by molar-refractivity contribution is 7.89. The first-order valence-electron chi connectivity index (χ1n) is 12.0. The highest BCUT2D eigenvalue weighted by Gasteiger charge is 2.50. The molecule has 6 nitrogen and oxygen atoms in total. The Hall–Kier alpha value is -3.02. The van der Waals surface area contributed by atoms with Crippen molar-refractivity contribution in [2.24, 2.45) is 0 Å². The molecule has 2 aliphatic rings. The average Bonchev–Trinajstić information content (AvgIpc) is 2.88. The van der Waals surface area contributed by atoms with Gasteiger partial charge in [-0.15, -0.1) is 0 Å². The lowest BCUT2D eigenvalue weighted by atomic mass is 9.74. The Morgan fingerprint density at radius 3 is 2.37 bits per heavy atom. The minimum Gasteiger partial charge on any atom is -0.395 e. The molecule has 180 valence electrons. The van der Waals surface area contributed by atoms with Crippen molar-refractivity contribution >= 4 is 10.0 Å². The topological polar surface area (TPSA) is 73.7 Å². The maximum Gasteiger partial charge on any atom is 0.243 e. The third-order valence-corrected chi connectivity index (χ3v) is 8.90. The Morgan fingerprint density at radius 1 is 0.914 bits per heavy atom. The molecule has 5 rings (SSSR count). The second-order valence-electron chi connectivity index (χ2n) is 9.08. The van der Waals surface area contributed by atoms with E-state index < -0.39 is 10.0 Å². The van der Waals surface area contributed by atoms with Gasteiger partial charge >= 0.3 is 0 Å². The van der Waals surface area contributed by atoms with Crippen LogP contribution in [-0.2, 0) is 10.0 Å². The molecular weight excluding hydrogens is 458 g/mol. The molecule has 0 unspecified atom stereocenters. The molecule has 35 heavy (non-hydrogen) atoms. The van der Waals surface area contributed by atoms with Crippen molar-refractivity contribution in [2.75, 3.05) is 26.2 Å². The zero-order valence-electron chi connectivity index (χ0n) is 19.5. The molecule has 0 amide bonds. The summed E-state index contributed by atoms with van der Waals surface area (Å²) in [6, 6.07) is 20.6. The highest BCUT2D eigenvalue weighted by atomic mass is 32.2. The van der Waals surface area contributed by atoms with Crippen molar-refractivity contribution < 1.29 is 13.5 Å². The summed E-state index contributed by atoms with van der Waals surface area (Å²) in [7, 11) is -3.57. The second kappa shape index (κ2) is 10.3. The molecule has 2 aromatic carbocycles. The van der Waals surface area contributed by atoms with Crippen molar-refractivity contribution in [3.63, 3.8) is 0 Å². The summed E-state index contributed by atoms with van der Waals surface area (Å²) in [6.45, 7) is 1.86. The Bertz CT molecular complexity index is 1300. The number of hydrogen-bond acceptors (Lipinski definition) is 5. The van der Waals surface area contributed by atoms with Crippen molar-refractivity contribution in [1.29, 1.82) is 0 Å². The van der Waals surface area contributed by atoms with Gasteiger partial charge in [-0.3, -0.25) is 9.88 Å². The maximum absolute atomic E-state index is 13.4. The minimum absolute atomic E-state index is 0.00768. The molecule has 1 aromatic heterocycles. The van der Waals surface area contributed by atoms with Gasteiger partial charge in [0, 0.05) is 54.6 Å². The molecule has 0 spiro atoms. The lowest BCUT2D eigenvalue weighted by molar-refractivity contribution is -0.0553. The highest BCUT2D eigenvalue weighted by Crippen LogP contribution is 2.42. The first-order valence-corrected chi connectivity index (χ1v) is 13.5. The number of aromatic nitrogens is 1. The molecule has 3 aromatic rings. The second-order valence-corrected chi connectivity index (χ2v) is 11.0. The molecule has 1 N–H and O–H groups in total. The van der Waals surface area contributed by atoms with Crippen LogP contribution < -0.4 is 0 Å². The van der Waals surface area contributed by atoms with E-state index in [0.29, 0.717) is 18.0 Å². The molecule has 2 saturated heterocycles. The van der Waals surface area contributed by atoms with Gasteiger partial charge in [-0.1, -0.05) is 42.2 Å². The van der Waals surface area contributed by atoms with Crippen LogP contribution in [0.15, 0.2) is 84.0 Å². The van der Waals surface area contributed by atoms with Gasteiger partial charge in [-0.2, -0.15) is 4.31 Å². The number of pyridine rings is 1. The van der Waals surface area contributed by atoms with Crippen LogP contribution in [-0.4, -0.2) is 66.0 Å². The Labute approximate surface area is 207 Å². The molecule has 0 radical (unpaired) electrons. The van der Waals surface area contributed by atoms with E-state index in [9.17, 15) is 13.5 Å². The van der Waals surface area contributed by atoms with E-state index in [1.54, 1.807) is 41.0 Å². The van der Waals surface area contributed by atoms with E-state index in [0.717, 1.165) is 36.1 Å². The average molecular weight is 488 g/mol. The van der Waals surface area contributed by atoms with Crippen molar-refractivity contribution in [2.45, 2.75) is 35.7 Å². The number of nitrogens with zero attached hydrogens (tertiary/aromatic N) is 3. The molecule has 3 atom stereocenters.